The molecule has 2 N–H and O–H groups in total. The molecular weight excluding hydrogens is 326 g/mol. The second kappa shape index (κ2) is 5.83. The Hall–Kier alpha value is -1.54. The van der Waals surface area contributed by atoms with Gasteiger partial charge in [0.2, 0.25) is 9.84 Å². The average Bonchev–Trinajstić information content (AvgIpc) is 3.09. The van der Waals surface area contributed by atoms with Crippen LogP contribution in [0, 0.1) is 11.8 Å². The van der Waals surface area contributed by atoms with Crippen LogP contribution >= 0.6 is 0 Å². The molecule has 8 heteroatoms. The van der Waals surface area contributed by atoms with Gasteiger partial charge in [0.05, 0.1) is 4.90 Å². The first-order valence-corrected chi connectivity index (χ1v) is 9.02. The maximum Gasteiger partial charge on any atom is 0.341 e. The number of carbonyl (C=O) groups excluding carboxylic acids is 1. The highest BCUT2D eigenvalue weighted by atomic mass is 32.2. The van der Waals surface area contributed by atoms with Gasteiger partial charge in [-0.2, -0.15) is 8.78 Å². The van der Waals surface area contributed by atoms with Crippen LogP contribution in [0.5, 0.6) is 0 Å². The van der Waals surface area contributed by atoms with E-state index in [-0.39, 0.29) is 11.9 Å². The first-order valence-electron chi connectivity index (χ1n) is 7.47. The van der Waals surface area contributed by atoms with Crippen molar-refractivity contribution in [3.8, 4) is 0 Å². The van der Waals surface area contributed by atoms with Crippen molar-refractivity contribution < 1.29 is 22.0 Å². The molecule has 2 aliphatic rings. The maximum absolute atomic E-state index is 12.5. The Morgan fingerprint density at radius 2 is 1.83 bits per heavy atom. The highest BCUT2D eigenvalue weighted by Crippen LogP contribution is 2.37. The normalized spacial score (nSPS) is 27.5. The van der Waals surface area contributed by atoms with Gasteiger partial charge in [0.1, 0.15) is 0 Å². The molecule has 1 saturated heterocycles. The van der Waals surface area contributed by atoms with Crippen LogP contribution in [0.2, 0.25) is 0 Å². The van der Waals surface area contributed by atoms with E-state index in [1.54, 1.807) is 4.90 Å². The third-order valence-corrected chi connectivity index (χ3v) is 6.26. The molecule has 126 valence electrons. The Balaban J connectivity index is 1.74. The average molecular weight is 344 g/mol. The van der Waals surface area contributed by atoms with E-state index in [0.717, 1.165) is 25.0 Å². The predicted octanol–water partition coefficient (Wildman–Crippen LogP) is 1.49. The molecule has 2 fully saturated rings. The molecule has 1 heterocycles. The minimum absolute atomic E-state index is 0.122. The molecule has 0 bridgehead atoms. The van der Waals surface area contributed by atoms with Gasteiger partial charge in [-0.15, -0.1) is 0 Å². The van der Waals surface area contributed by atoms with Crippen LogP contribution < -0.4 is 5.73 Å². The Morgan fingerprint density at radius 1 is 1.17 bits per heavy atom. The zero-order valence-corrected chi connectivity index (χ0v) is 13.2. The van der Waals surface area contributed by atoms with Crippen molar-refractivity contribution in [2.45, 2.75) is 29.5 Å². The van der Waals surface area contributed by atoms with E-state index in [9.17, 15) is 22.0 Å². The Bertz CT molecular complexity index is 706. The molecule has 1 saturated carbocycles. The van der Waals surface area contributed by atoms with Crippen LogP contribution in [-0.4, -0.2) is 44.1 Å². The van der Waals surface area contributed by atoms with E-state index in [4.69, 9.17) is 5.73 Å². The van der Waals surface area contributed by atoms with Crippen molar-refractivity contribution in [2.24, 2.45) is 17.6 Å². The van der Waals surface area contributed by atoms with E-state index in [0.29, 0.717) is 30.5 Å². The van der Waals surface area contributed by atoms with Crippen molar-refractivity contribution in [1.82, 2.24) is 4.90 Å². The molecular formula is C15H18F2N2O3S. The number of nitrogens with two attached hydrogens (primary N) is 1. The number of hydrogen-bond acceptors (Lipinski definition) is 4. The van der Waals surface area contributed by atoms with Gasteiger partial charge in [0, 0.05) is 24.7 Å². The summed E-state index contributed by atoms with van der Waals surface area (Å²) in [5.74, 6) is -2.94. The van der Waals surface area contributed by atoms with E-state index in [2.05, 4.69) is 0 Å². The number of halogens is 2. The number of amides is 1. The summed E-state index contributed by atoms with van der Waals surface area (Å²) in [6.07, 6.45) is 2.00. The number of benzene rings is 1. The molecule has 3 rings (SSSR count). The summed E-state index contributed by atoms with van der Waals surface area (Å²) in [7, 11) is -4.63. The van der Waals surface area contributed by atoms with Gasteiger partial charge >= 0.3 is 5.76 Å². The van der Waals surface area contributed by atoms with E-state index >= 15 is 0 Å². The first kappa shape index (κ1) is 16.3. The van der Waals surface area contributed by atoms with Crippen molar-refractivity contribution in [2.75, 3.05) is 13.1 Å². The van der Waals surface area contributed by atoms with Crippen LogP contribution in [0.25, 0.3) is 0 Å². The van der Waals surface area contributed by atoms with Crippen LogP contribution in [0.1, 0.15) is 23.2 Å². The molecule has 1 aliphatic heterocycles. The topological polar surface area (TPSA) is 80.5 Å². The smallest absolute Gasteiger partial charge is 0.338 e. The molecule has 0 aromatic heterocycles. The number of fused-ring (bicyclic) bond motifs is 1. The number of alkyl halides is 2. The largest absolute Gasteiger partial charge is 0.341 e. The molecule has 3 atom stereocenters. The summed E-state index contributed by atoms with van der Waals surface area (Å²) < 4.78 is 47.7. The number of rotatable bonds is 3. The van der Waals surface area contributed by atoms with Gasteiger partial charge in [-0.1, -0.05) is 0 Å². The summed E-state index contributed by atoms with van der Waals surface area (Å²) in [4.78, 5) is 13.7. The van der Waals surface area contributed by atoms with Gasteiger partial charge in [-0.3, -0.25) is 4.79 Å². The monoisotopic (exact) mass is 344 g/mol. The Labute approximate surface area is 133 Å². The number of nitrogens with zero attached hydrogens (tertiary/aromatic N) is 1. The van der Waals surface area contributed by atoms with E-state index in [1.165, 1.54) is 12.1 Å². The molecule has 5 nitrogen and oxygen atoms in total. The summed E-state index contributed by atoms with van der Waals surface area (Å²) in [5.41, 5.74) is 6.34. The van der Waals surface area contributed by atoms with Crippen molar-refractivity contribution >= 4 is 15.7 Å². The van der Waals surface area contributed by atoms with Gasteiger partial charge in [-0.25, -0.2) is 8.42 Å². The van der Waals surface area contributed by atoms with Crippen LogP contribution in [0.4, 0.5) is 8.78 Å². The fourth-order valence-corrected chi connectivity index (χ4v) is 4.27. The van der Waals surface area contributed by atoms with Crippen molar-refractivity contribution in [1.29, 1.82) is 0 Å². The number of likely N-dealkylation sites (tertiary alicyclic amines) is 1. The molecule has 1 aromatic rings. The van der Waals surface area contributed by atoms with Crippen LogP contribution in [-0.2, 0) is 9.84 Å². The quantitative estimate of drug-likeness (QED) is 0.901. The lowest BCUT2D eigenvalue weighted by atomic mass is 9.98. The van der Waals surface area contributed by atoms with Crippen molar-refractivity contribution in [3.05, 3.63) is 29.8 Å². The summed E-state index contributed by atoms with van der Waals surface area (Å²) in [6.45, 7) is 1.25. The number of hydrogen-bond donors (Lipinski definition) is 1. The minimum atomic E-state index is -4.63. The molecule has 1 amide bonds. The van der Waals surface area contributed by atoms with Crippen molar-refractivity contribution in [3.63, 3.8) is 0 Å². The standard InChI is InChI=1S/C15H18F2N2O3S/c16-15(17)23(21,22)11-4-1-9(2-5-11)14(20)19-7-10-3-6-13(18)12(10)8-19/h1-2,4-5,10,12-13,15H,3,6-8,18H2. The van der Waals surface area contributed by atoms with Gasteiger partial charge in [-0.05, 0) is 48.9 Å². The second-order valence-electron chi connectivity index (χ2n) is 6.21. The molecule has 3 unspecified atom stereocenters. The third-order valence-electron chi connectivity index (χ3n) is 4.86. The third kappa shape index (κ3) is 2.85. The fourth-order valence-electron chi connectivity index (χ4n) is 3.55. The lowest BCUT2D eigenvalue weighted by molar-refractivity contribution is 0.0779. The molecule has 0 radical (unpaired) electrons. The second-order valence-corrected chi connectivity index (χ2v) is 8.12. The first-order chi connectivity index (χ1) is 10.8. The molecule has 0 spiro atoms. The van der Waals surface area contributed by atoms with Gasteiger partial charge in [0.25, 0.3) is 5.91 Å². The SMILES string of the molecule is NC1CCC2CN(C(=O)c3ccc(S(=O)(=O)C(F)F)cc3)CC12. The highest BCUT2D eigenvalue weighted by molar-refractivity contribution is 7.91. The fraction of sp³-hybridized carbons (Fsp3) is 0.533. The Kier molecular flexibility index (Phi) is 4.14. The lowest BCUT2D eigenvalue weighted by Crippen LogP contribution is -2.33. The Morgan fingerprint density at radius 3 is 2.39 bits per heavy atom. The number of carbonyl (C=O) groups is 1. The zero-order valence-electron chi connectivity index (χ0n) is 12.4. The van der Waals surface area contributed by atoms with Gasteiger partial charge < -0.3 is 10.6 Å². The van der Waals surface area contributed by atoms with Gasteiger partial charge in [0.15, 0.2) is 0 Å². The van der Waals surface area contributed by atoms with E-state index < -0.39 is 20.5 Å². The van der Waals surface area contributed by atoms with Crippen LogP contribution in [0.15, 0.2) is 29.2 Å². The predicted molar refractivity (Wildman–Crippen MR) is 79.7 cm³/mol. The summed E-state index contributed by atoms with van der Waals surface area (Å²) in [5, 5.41) is 0. The highest BCUT2D eigenvalue weighted by Gasteiger charge is 2.42. The zero-order chi connectivity index (χ0) is 16.8. The maximum atomic E-state index is 12.5. The number of sulfone groups is 1. The summed E-state index contributed by atoms with van der Waals surface area (Å²) >= 11 is 0. The van der Waals surface area contributed by atoms with E-state index in [1.807, 2.05) is 0 Å². The molecule has 23 heavy (non-hydrogen) atoms. The minimum Gasteiger partial charge on any atom is -0.338 e. The summed E-state index contributed by atoms with van der Waals surface area (Å²) in [6, 6.07) is 4.79. The molecule has 1 aromatic carbocycles. The lowest BCUT2D eigenvalue weighted by Gasteiger charge is -2.19. The van der Waals surface area contributed by atoms with Crippen LogP contribution in [0.3, 0.4) is 0 Å². The molecule has 1 aliphatic carbocycles.